The molecule has 1 rings (SSSR count). The van der Waals surface area contributed by atoms with Crippen molar-refractivity contribution in [2.24, 2.45) is 0 Å². The van der Waals surface area contributed by atoms with Gasteiger partial charge in [-0.3, -0.25) is 4.79 Å². The van der Waals surface area contributed by atoms with Gasteiger partial charge < -0.3 is 0 Å². The third-order valence-electron chi connectivity index (χ3n) is 2.79. The van der Waals surface area contributed by atoms with Crippen LogP contribution in [0.5, 0.6) is 0 Å². The summed E-state index contributed by atoms with van der Waals surface area (Å²) in [6.07, 6.45) is 0.662. The molecule has 0 unspecified atom stereocenters. The van der Waals surface area contributed by atoms with Gasteiger partial charge in [-0.15, -0.1) is 0 Å². The predicted octanol–water partition coefficient (Wildman–Crippen LogP) is 3.16. The van der Waals surface area contributed by atoms with Gasteiger partial charge in [0.05, 0.1) is 5.75 Å². The topological polar surface area (TPSA) is 51.2 Å². The summed E-state index contributed by atoms with van der Waals surface area (Å²) in [5.41, 5.74) is 1.70. The SMILES string of the molecule is CCS(=O)(=O)CCCC(=O)c1ccc(C)c(Br)c1. The van der Waals surface area contributed by atoms with E-state index in [1.165, 1.54) is 0 Å². The zero-order chi connectivity index (χ0) is 13.8. The van der Waals surface area contributed by atoms with Gasteiger partial charge in [0.1, 0.15) is 9.84 Å². The number of hydrogen-bond donors (Lipinski definition) is 0. The molecule has 1 aromatic rings. The molecule has 0 aromatic heterocycles. The second-order valence-electron chi connectivity index (χ2n) is 4.23. The molecule has 1 aromatic carbocycles. The number of benzene rings is 1. The molecule has 3 nitrogen and oxygen atoms in total. The first kappa shape index (κ1) is 15.4. The first-order valence-electron chi connectivity index (χ1n) is 5.85. The molecule has 5 heteroatoms. The Labute approximate surface area is 117 Å². The lowest BCUT2D eigenvalue weighted by molar-refractivity contribution is 0.0982. The highest BCUT2D eigenvalue weighted by atomic mass is 79.9. The van der Waals surface area contributed by atoms with Crippen LogP contribution in [0, 0.1) is 6.92 Å². The molecule has 0 saturated carbocycles. The van der Waals surface area contributed by atoms with E-state index in [0.29, 0.717) is 12.0 Å². The minimum absolute atomic E-state index is 0.0120. The van der Waals surface area contributed by atoms with E-state index in [2.05, 4.69) is 15.9 Å². The van der Waals surface area contributed by atoms with E-state index in [-0.39, 0.29) is 23.7 Å². The normalized spacial score (nSPS) is 11.5. The van der Waals surface area contributed by atoms with E-state index >= 15 is 0 Å². The molecule has 0 aliphatic heterocycles. The molecule has 0 bridgehead atoms. The summed E-state index contributed by atoms with van der Waals surface area (Å²) in [7, 11) is -2.97. The standard InChI is InChI=1S/C13H17BrO3S/c1-3-18(16,17)8-4-5-13(15)11-7-6-10(2)12(14)9-11/h6-7,9H,3-5,8H2,1-2H3. The molecule has 0 aliphatic rings. The Hall–Kier alpha value is -0.680. The molecule has 0 radical (unpaired) electrons. The Kier molecular flexibility index (Phi) is 5.53. The zero-order valence-electron chi connectivity index (χ0n) is 10.6. The monoisotopic (exact) mass is 332 g/mol. The van der Waals surface area contributed by atoms with Crippen LogP contribution in [-0.2, 0) is 9.84 Å². The Morgan fingerprint density at radius 3 is 2.56 bits per heavy atom. The first-order valence-corrected chi connectivity index (χ1v) is 8.47. The predicted molar refractivity (Wildman–Crippen MR) is 76.8 cm³/mol. The molecule has 0 atom stereocenters. The summed E-state index contributed by atoms with van der Waals surface area (Å²) in [6.45, 7) is 3.57. The molecule has 0 fully saturated rings. The average molecular weight is 333 g/mol. The Morgan fingerprint density at radius 2 is 2.00 bits per heavy atom. The maximum atomic E-state index is 11.9. The van der Waals surface area contributed by atoms with Crippen molar-refractivity contribution in [3.63, 3.8) is 0 Å². The maximum absolute atomic E-state index is 11.9. The van der Waals surface area contributed by atoms with Crippen molar-refractivity contribution in [2.75, 3.05) is 11.5 Å². The van der Waals surface area contributed by atoms with Gasteiger partial charge in [0.2, 0.25) is 0 Å². The van der Waals surface area contributed by atoms with Crippen LogP contribution < -0.4 is 0 Å². The minimum atomic E-state index is -2.97. The second kappa shape index (κ2) is 6.48. The van der Waals surface area contributed by atoms with Crippen molar-refractivity contribution in [3.8, 4) is 0 Å². The van der Waals surface area contributed by atoms with Crippen LogP contribution in [0.1, 0.15) is 35.7 Å². The molecule has 0 amide bonds. The van der Waals surface area contributed by atoms with Crippen LogP contribution in [0.15, 0.2) is 22.7 Å². The van der Waals surface area contributed by atoms with Crippen LogP contribution >= 0.6 is 15.9 Å². The molecule has 0 spiro atoms. The molecular weight excluding hydrogens is 316 g/mol. The lowest BCUT2D eigenvalue weighted by Gasteiger charge is -2.04. The van der Waals surface area contributed by atoms with Gasteiger partial charge in [-0.1, -0.05) is 35.0 Å². The molecule has 0 N–H and O–H groups in total. The van der Waals surface area contributed by atoms with Crippen LogP contribution in [0.2, 0.25) is 0 Å². The smallest absolute Gasteiger partial charge is 0.162 e. The van der Waals surface area contributed by atoms with Gasteiger partial charge >= 0.3 is 0 Å². The van der Waals surface area contributed by atoms with Gasteiger partial charge in [-0.25, -0.2) is 8.42 Å². The Balaban J connectivity index is 2.58. The van der Waals surface area contributed by atoms with E-state index in [9.17, 15) is 13.2 Å². The summed E-state index contributed by atoms with van der Waals surface area (Å²) < 4.78 is 23.5. The quantitative estimate of drug-likeness (QED) is 0.752. The number of ketones is 1. The van der Waals surface area contributed by atoms with Crippen LogP contribution in [0.3, 0.4) is 0 Å². The summed E-state index contributed by atoms with van der Waals surface area (Å²) in [5.74, 6) is 0.210. The lowest BCUT2D eigenvalue weighted by Crippen LogP contribution is -2.10. The van der Waals surface area contributed by atoms with Crippen molar-refractivity contribution in [3.05, 3.63) is 33.8 Å². The summed E-state index contributed by atoms with van der Waals surface area (Å²) in [4.78, 5) is 11.9. The lowest BCUT2D eigenvalue weighted by atomic mass is 10.1. The zero-order valence-corrected chi connectivity index (χ0v) is 13.0. The summed E-state index contributed by atoms with van der Waals surface area (Å²) in [6, 6.07) is 5.43. The number of aryl methyl sites for hydroxylation is 1. The highest BCUT2D eigenvalue weighted by molar-refractivity contribution is 9.10. The van der Waals surface area contributed by atoms with Crippen LogP contribution in [0.4, 0.5) is 0 Å². The number of carbonyl (C=O) groups is 1. The molecule has 0 saturated heterocycles. The average Bonchev–Trinajstić information content (AvgIpc) is 2.32. The maximum Gasteiger partial charge on any atom is 0.162 e. The van der Waals surface area contributed by atoms with Crippen molar-refractivity contribution in [2.45, 2.75) is 26.7 Å². The van der Waals surface area contributed by atoms with Gasteiger partial charge in [0, 0.05) is 22.2 Å². The van der Waals surface area contributed by atoms with Crippen molar-refractivity contribution in [1.29, 1.82) is 0 Å². The summed E-state index contributed by atoms with van der Waals surface area (Å²) >= 11 is 3.38. The Bertz CT molecular complexity index is 535. The third kappa shape index (κ3) is 4.53. The molecule has 100 valence electrons. The van der Waals surface area contributed by atoms with Crippen molar-refractivity contribution >= 4 is 31.6 Å². The fourth-order valence-electron chi connectivity index (χ4n) is 1.51. The van der Waals surface area contributed by atoms with Gasteiger partial charge in [0.25, 0.3) is 0 Å². The fraction of sp³-hybridized carbons (Fsp3) is 0.462. The molecule has 18 heavy (non-hydrogen) atoms. The number of Topliss-reactive ketones (excluding diaryl/α,β-unsaturated/α-hetero) is 1. The molecule has 0 aliphatic carbocycles. The van der Waals surface area contributed by atoms with Gasteiger partial charge in [-0.05, 0) is 25.0 Å². The molecule has 0 heterocycles. The Morgan fingerprint density at radius 1 is 1.33 bits per heavy atom. The third-order valence-corrected chi connectivity index (χ3v) is 5.44. The van der Waals surface area contributed by atoms with E-state index in [4.69, 9.17) is 0 Å². The molecular formula is C13H17BrO3S. The van der Waals surface area contributed by atoms with Crippen molar-refractivity contribution < 1.29 is 13.2 Å². The second-order valence-corrected chi connectivity index (χ2v) is 7.55. The summed E-state index contributed by atoms with van der Waals surface area (Å²) in [5, 5.41) is 0. The number of hydrogen-bond acceptors (Lipinski definition) is 3. The highest BCUT2D eigenvalue weighted by Gasteiger charge is 2.11. The largest absolute Gasteiger partial charge is 0.294 e. The first-order chi connectivity index (χ1) is 8.35. The number of carbonyl (C=O) groups excluding carboxylic acids is 1. The van der Waals surface area contributed by atoms with E-state index in [1.54, 1.807) is 19.1 Å². The van der Waals surface area contributed by atoms with Gasteiger partial charge in [0.15, 0.2) is 5.78 Å². The van der Waals surface area contributed by atoms with Crippen LogP contribution in [0.25, 0.3) is 0 Å². The minimum Gasteiger partial charge on any atom is -0.294 e. The van der Waals surface area contributed by atoms with Crippen LogP contribution in [-0.4, -0.2) is 25.7 Å². The highest BCUT2D eigenvalue weighted by Crippen LogP contribution is 2.18. The fourth-order valence-corrected chi connectivity index (χ4v) is 2.76. The number of halogens is 1. The van der Waals surface area contributed by atoms with E-state index in [1.807, 2.05) is 13.0 Å². The van der Waals surface area contributed by atoms with E-state index < -0.39 is 9.84 Å². The van der Waals surface area contributed by atoms with E-state index in [0.717, 1.165) is 10.0 Å². The van der Waals surface area contributed by atoms with Gasteiger partial charge in [-0.2, -0.15) is 0 Å². The van der Waals surface area contributed by atoms with Crippen molar-refractivity contribution in [1.82, 2.24) is 0 Å². The number of sulfone groups is 1. The number of rotatable bonds is 6.